The van der Waals surface area contributed by atoms with E-state index < -0.39 is 0 Å². The van der Waals surface area contributed by atoms with Gasteiger partial charge in [0.15, 0.2) is 0 Å². The van der Waals surface area contributed by atoms with Crippen molar-refractivity contribution in [3.05, 3.63) is 168 Å². The van der Waals surface area contributed by atoms with E-state index in [0.717, 1.165) is 66.5 Å². The van der Waals surface area contributed by atoms with Crippen molar-refractivity contribution in [1.82, 2.24) is 9.13 Å². The van der Waals surface area contributed by atoms with Crippen molar-refractivity contribution in [2.45, 2.75) is 0 Å². The normalized spacial score (nSPS) is 11.1. The Morgan fingerprint density at radius 3 is 1.66 bits per heavy atom. The molecule has 5 heteroatoms. The number of fused-ring (bicyclic) bond motifs is 6. The molecular weight excluding hydrogens is 611 g/mol. The number of rotatable bonds is 4. The highest BCUT2D eigenvalue weighted by molar-refractivity contribution is 6.11. The van der Waals surface area contributed by atoms with Crippen molar-refractivity contribution in [3.8, 4) is 51.8 Å². The van der Waals surface area contributed by atoms with E-state index in [1.165, 1.54) is 10.8 Å². The summed E-state index contributed by atoms with van der Waals surface area (Å²) < 4.78 is 4.44. The first-order valence-corrected chi connectivity index (χ1v) is 16.3. The number of nitrogens with zero attached hydrogens (tertiary/aromatic N) is 5. The van der Waals surface area contributed by atoms with Crippen LogP contribution in [0.1, 0.15) is 16.7 Å². The van der Waals surface area contributed by atoms with Gasteiger partial charge in [0.05, 0.1) is 62.7 Å². The van der Waals surface area contributed by atoms with Crippen LogP contribution in [0.4, 0.5) is 0 Å². The third kappa shape index (κ3) is 4.45. The van der Waals surface area contributed by atoms with Crippen LogP contribution >= 0.6 is 0 Å². The summed E-state index contributed by atoms with van der Waals surface area (Å²) in [6.45, 7) is 0. The fourth-order valence-corrected chi connectivity index (χ4v) is 7.34. The molecule has 50 heavy (non-hydrogen) atoms. The maximum atomic E-state index is 9.99. The fraction of sp³-hybridized carbons (Fsp3) is 0. The smallest absolute Gasteiger partial charge is 0.0992 e. The van der Waals surface area contributed by atoms with Crippen LogP contribution in [0.2, 0.25) is 0 Å². The summed E-state index contributed by atoms with van der Waals surface area (Å²) in [5.41, 5.74) is 11.6. The Hall–Kier alpha value is -7.39. The molecule has 0 aliphatic carbocycles. The molecule has 5 nitrogen and oxygen atoms in total. The van der Waals surface area contributed by atoms with Crippen molar-refractivity contribution >= 4 is 43.6 Å². The lowest BCUT2D eigenvalue weighted by atomic mass is 9.96. The first-order valence-electron chi connectivity index (χ1n) is 16.3. The Bertz CT molecular complexity index is 2920. The Labute approximate surface area is 287 Å². The highest BCUT2D eigenvalue weighted by Crippen LogP contribution is 2.39. The van der Waals surface area contributed by atoms with Gasteiger partial charge < -0.3 is 9.13 Å². The highest BCUT2D eigenvalue weighted by Gasteiger charge is 2.18. The highest BCUT2D eigenvalue weighted by atomic mass is 15.0. The molecule has 0 atom stereocenters. The van der Waals surface area contributed by atoms with Crippen LogP contribution in [0.15, 0.2) is 152 Å². The summed E-state index contributed by atoms with van der Waals surface area (Å²) in [5.74, 6) is 0. The second-order valence-corrected chi connectivity index (χ2v) is 12.4. The van der Waals surface area contributed by atoms with Gasteiger partial charge in [-0.05, 0) is 89.5 Å². The number of aromatic nitrogens is 2. The van der Waals surface area contributed by atoms with Crippen LogP contribution in [0, 0.1) is 34.0 Å². The topological polar surface area (TPSA) is 81.2 Å². The molecule has 0 spiro atoms. The van der Waals surface area contributed by atoms with Crippen LogP contribution < -0.4 is 0 Å². The minimum absolute atomic E-state index is 0.527. The number of hydrogen-bond donors (Lipinski definition) is 0. The molecule has 0 saturated heterocycles. The zero-order chi connectivity index (χ0) is 33.8. The number of nitriles is 3. The van der Waals surface area contributed by atoms with Gasteiger partial charge in [0, 0.05) is 32.8 Å². The molecule has 0 aliphatic rings. The molecular formula is C45H25N5. The summed E-state index contributed by atoms with van der Waals surface area (Å²) in [5, 5.41) is 33.8. The van der Waals surface area contributed by atoms with Gasteiger partial charge in [0.1, 0.15) is 0 Å². The van der Waals surface area contributed by atoms with E-state index in [1.54, 1.807) is 6.07 Å². The van der Waals surface area contributed by atoms with E-state index in [0.29, 0.717) is 16.7 Å². The zero-order valence-electron chi connectivity index (χ0n) is 26.7. The van der Waals surface area contributed by atoms with Crippen molar-refractivity contribution in [3.63, 3.8) is 0 Å². The van der Waals surface area contributed by atoms with Gasteiger partial charge in [-0.1, -0.05) is 78.9 Å². The molecule has 230 valence electrons. The maximum absolute atomic E-state index is 9.99. The monoisotopic (exact) mass is 635 g/mol. The second kappa shape index (κ2) is 11.4. The predicted molar refractivity (Wildman–Crippen MR) is 200 cm³/mol. The summed E-state index contributed by atoms with van der Waals surface area (Å²) in [7, 11) is 0. The first kappa shape index (κ1) is 28.8. The van der Waals surface area contributed by atoms with Gasteiger partial charge in [-0.3, -0.25) is 0 Å². The standard InChI is InChI=1S/C45H25N5/c46-26-29-17-20-43-40(21-29)39-19-16-31(28-48)23-45(39)50(43)44-22-30(27-47)15-18-36(44)34-9-5-7-32(24-34)33-8-6-10-35(25-33)49-41-13-3-1-11-37(41)38-12-2-4-14-42(38)49/h1-25H. The Morgan fingerprint density at radius 2 is 0.920 bits per heavy atom. The summed E-state index contributed by atoms with van der Waals surface area (Å²) >= 11 is 0. The van der Waals surface area contributed by atoms with E-state index in [-0.39, 0.29) is 0 Å². The van der Waals surface area contributed by atoms with E-state index in [1.807, 2.05) is 48.5 Å². The lowest BCUT2D eigenvalue weighted by Crippen LogP contribution is -1.99. The van der Waals surface area contributed by atoms with Crippen LogP contribution in [0.3, 0.4) is 0 Å². The van der Waals surface area contributed by atoms with Crippen molar-refractivity contribution in [1.29, 1.82) is 15.8 Å². The molecule has 2 aromatic heterocycles. The number of hydrogen-bond acceptors (Lipinski definition) is 3. The number of benzene rings is 7. The SMILES string of the molecule is N#Cc1ccc(-c2cccc(-c3cccc(-n4c5ccccc5c5ccccc54)c3)c2)c(-n2c3ccc(C#N)cc3c3ccc(C#N)cc32)c1. The predicted octanol–water partition coefficient (Wildman–Crippen LogP) is 10.8. The molecule has 7 aromatic carbocycles. The van der Waals surface area contributed by atoms with Crippen molar-refractivity contribution < 1.29 is 0 Å². The number of para-hydroxylation sites is 2. The molecule has 0 saturated carbocycles. The summed E-state index contributed by atoms with van der Waals surface area (Å²) in [6, 6.07) is 58.0. The molecule has 0 radical (unpaired) electrons. The van der Waals surface area contributed by atoms with E-state index >= 15 is 0 Å². The molecule has 9 aromatic rings. The Kier molecular flexibility index (Phi) is 6.56. The van der Waals surface area contributed by atoms with Crippen LogP contribution in [-0.2, 0) is 0 Å². The lowest BCUT2D eigenvalue weighted by molar-refractivity contribution is 1.18. The van der Waals surface area contributed by atoms with Gasteiger partial charge >= 0.3 is 0 Å². The van der Waals surface area contributed by atoms with Gasteiger partial charge in [-0.15, -0.1) is 0 Å². The average Bonchev–Trinajstić information content (AvgIpc) is 3.69. The third-order valence-electron chi connectivity index (χ3n) is 9.58. The van der Waals surface area contributed by atoms with Crippen molar-refractivity contribution in [2.75, 3.05) is 0 Å². The van der Waals surface area contributed by atoms with Gasteiger partial charge in [0.25, 0.3) is 0 Å². The van der Waals surface area contributed by atoms with Crippen LogP contribution in [0.5, 0.6) is 0 Å². The Balaban J connectivity index is 1.23. The largest absolute Gasteiger partial charge is 0.309 e. The van der Waals surface area contributed by atoms with E-state index in [9.17, 15) is 15.8 Å². The third-order valence-corrected chi connectivity index (χ3v) is 9.58. The van der Waals surface area contributed by atoms with Gasteiger partial charge in [-0.2, -0.15) is 15.8 Å². The lowest BCUT2D eigenvalue weighted by Gasteiger charge is -2.16. The maximum Gasteiger partial charge on any atom is 0.0992 e. The molecule has 2 heterocycles. The van der Waals surface area contributed by atoms with E-state index in [2.05, 4.69) is 124 Å². The van der Waals surface area contributed by atoms with Crippen molar-refractivity contribution in [2.24, 2.45) is 0 Å². The fourth-order valence-electron chi connectivity index (χ4n) is 7.34. The molecule has 0 amide bonds. The molecule has 0 N–H and O–H groups in total. The summed E-state index contributed by atoms with van der Waals surface area (Å²) in [4.78, 5) is 0. The average molecular weight is 636 g/mol. The molecule has 9 rings (SSSR count). The Morgan fingerprint density at radius 1 is 0.360 bits per heavy atom. The summed E-state index contributed by atoms with van der Waals surface area (Å²) in [6.07, 6.45) is 0. The zero-order valence-corrected chi connectivity index (χ0v) is 26.7. The van der Waals surface area contributed by atoms with Crippen LogP contribution in [-0.4, -0.2) is 9.13 Å². The first-order chi connectivity index (χ1) is 24.6. The quantitative estimate of drug-likeness (QED) is 0.193. The molecule has 0 unspecified atom stereocenters. The molecule has 0 aliphatic heterocycles. The second-order valence-electron chi connectivity index (χ2n) is 12.4. The minimum Gasteiger partial charge on any atom is -0.309 e. The van der Waals surface area contributed by atoms with Gasteiger partial charge in [0.2, 0.25) is 0 Å². The van der Waals surface area contributed by atoms with Crippen LogP contribution in [0.25, 0.3) is 77.2 Å². The van der Waals surface area contributed by atoms with Gasteiger partial charge in [-0.25, -0.2) is 0 Å². The van der Waals surface area contributed by atoms with E-state index in [4.69, 9.17) is 0 Å². The molecule has 0 bridgehead atoms. The molecule has 0 fully saturated rings. The minimum atomic E-state index is 0.527.